The number of aryl methyl sites for hydroxylation is 2. The zero-order valence-electron chi connectivity index (χ0n) is 13.7. The second-order valence-corrected chi connectivity index (χ2v) is 8.08. The molecule has 23 heavy (non-hydrogen) atoms. The van der Waals surface area contributed by atoms with Crippen molar-refractivity contribution >= 4 is 33.1 Å². The van der Waals surface area contributed by atoms with Crippen molar-refractivity contribution in [1.82, 2.24) is 20.0 Å². The number of likely N-dealkylation sites (tertiary alicyclic amines) is 2. The molecule has 4 heterocycles. The first kappa shape index (κ1) is 14.8. The quantitative estimate of drug-likeness (QED) is 0.860. The van der Waals surface area contributed by atoms with Gasteiger partial charge in [0, 0.05) is 37.0 Å². The lowest BCUT2D eigenvalue weighted by Gasteiger charge is -2.46. The molecule has 2 N–H and O–H groups in total. The number of nitrogen functional groups attached to an aromatic ring is 1. The third-order valence-electron chi connectivity index (χ3n) is 5.27. The maximum atomic E-state index is 12.9. The Labute approximate surface area is 139 Å². The van der Waals surface area contributed by atoms with Crippen LogP contribution in [-0.4, -0.2) is 59.1 Å². The number of thiophene rings is 1. The van der Waals surface area contributed by atoms with Gasteiger partial charge in [-0.3, -0.25) is 4.79 Å². The number of carbonyl (C=O) groups is 1. The van der Waals surface area contributed by atoms with Crippen LogP contribution in [0.1, 0.15) is 27.3 Å². The topological polar surface area (TPSA) is 75.4 Å². The molecule has 2 aromatic rings. The van der Waals surface area contributed by atoms with Crippen molar-refractivity contribution in [2.75, 3.05) is 39.0 Å². The highest BCUT2D eigenvalue weighted by Gasteiger charge is 2.47. The number of hydrogen-bond donors (Lipinski definition) is 1. The lowest BCUT2D eigenvalue weighted by molar-refractivity contribution is 0.0295. The second kappa shape index (κ2) is 4.88. The highest BCUT2D eigenvalue weighted by atomic mass is 32.1. The first-order valence-electron chi connectivity index (χ1n) is 7.90. The first-order valence-corrected chi connectivity index (χ1v) is 8.71. The van der Waals surface area contributed by atoms with Crippen LogP contribution in [0.5, 0.6) is 0 Å². The third kappa shape index (κ3) is 2.14. The van der Waals surface area contributed by atoms with Gasteiger partial charge in [0.2, 0.25) is 0 Å². The molecule has 0 aromatic carbocycles. The number of carbonyl (C=O) groups excluding carboxylic acids is 1. The van der Waals surface area contributed by atoms with Crippen LogP contribution in [0, 0.1) is 19.3 Å². The monoisotopic (exact) mass is 331 g/mol. The Morgan fingerprint density at radius 1 is 1.26 bits per heavy atom. The standard InChI is InChI=1S/C16H21N5OS/c1-9-10(2)18-19-14-11(9)12(17)13(23-14)15(22)21-5-4-16(8-21)6-20(3)7-16/h4-8,17H2,1-3H3. The Morgan fingerprint density at radius 3 is 2.70 bits per heavy atom. The van der Waals surface area contributed by atoms with Crippen LogP contribution in [0.25, 0.3) is 10.2 Å². The Bertz CT molecular complexity index is 808. The van der Waals surface area contributed by atoms with E-state index in [1.165, 1.54) is 11.3 Å². The molecule has 0 radical (unpaired) electrons. The van der Waals surface area contributed by atoms with Crippen LogP contribution < -0.4 is 5.73 Å². The fourth-order valence-electron chi connectivity index (χ4n) is 4.01. The Kier molecular flexibility index (Phi) is 3.15. The van der Waals surface area contributed by atoms with Crippen LogP contribution >= 0.6 is 11.3 Å². The molecule has 0 bridgehead atoms. The van der Waals surface area contributed by atoms with Crippen molar-refractivity contribution in [2.45, 2.75) is 20.3 Å². The molecular formula is C16H21N5OS. The summed E-state index contributed by atoms with van der Waals surface area (Å²) in [6, 6.07) is 0. The maximum Gasteiger partial charge on any atom is 0.266 e. The number of nitrogens with zero attached hydrogens (tertiary/aromatic N) is 4. The fourth-order valence-corrected chi connectivity index (χ4v) is 5.08. The molecule has 2 saturated heterocycles. The van der Waals surface area contributed by atoms with Crippen molar-refractivity contribution in [3.8, 4) is 0 Å². The second-order valence-electron chi connectivity index (χ2n) is 7.08. The van der Waals surface area contributed by atoms with Gasteiger partial charge in [0.05, 0.1) is 11.4 Å². The first-order chi connectivity index (χ1) is 10.9. The van der Waals surface area contributed by atoms with E-state index in [-0.39, 0.29) is 5.91 Å². The van der Waals surface area contributed by atoms with E-state index < -0.39 is 0 Å². The van der Waals surface area contributed by atoms with Crippen LogP contribution in [0.3, 0.4) is 0 Å². The number of nitrogens with two attached hydrogens (primary N) is 1. The SMILES string of the molecule is Cc1nnc2sc(C(=O)N3CCC4(CN(C)C4)C3)c(N)c2c1C. The van der Waals surface area contributed by atoms with E-state index in [9.17, 15) is 4.79 Å². The van der Waals surface area contributed by atoms with E-state index in [0.717, 1.165) is 54.1 Å². The summed E-state index contributed by atoms with van der Waals surface area (Å²) in [5.74, 6) is 0.0500. The van der Waals surface area contributed by atoms with Crippen LogP contribution in [0.4, 0.5) is 5.69 Å². The molecule has 7 heteroatoms. The number of hydrogen-bond acceptors (Lipinski definition) is 6. The van der Waals surface area contributed by atoms with Gasteiger partial charge in [0.25, 0.3) is 5.91 Å². The summed E-state index contributed by atoms with van der Waals surface area (Å²) in [5.41, 5.74) is 9.05. The van der Waals surface area contributed by atoms with Gasteiger partial charge in [-0.1, -0.05) is 0 Å². The molecule has 2 aliphatic heterocycles. The summed E-state index contributed by atoms with van der Waals surface area (Å²) in [6.07, 6.45) is 1.09. The average molecular weight is 331 g/mol. The van der Waals surface area contributed by atoms with E-state index in [4.69, 9.17) is 5.73 Å². The maximum absolute atomic E-state index is 12.9. The van der Waals surface area contributed by atoms with Crippen molar-refractivity contribution in [2.24, 2.45) is 5.41 Å². The summed E-state index contributed by atoms with van der Waals surface area (Å²) in [4.78, 5) is 18.6. The molecule has 2 aromatic heterocycles. The minimum Gasteiger partial charge on any atom is -0.397 e. The molecule has 0 unspecified atom stereocenters. The van der Waals surface area contributed by atoms with E-state index in [0.29, 0.717) is 16.0 Å². The summed E-state index contributed by atoms with van der Waals surface area (Å²) < 4.78 is 0. The largest absolute Gasteiger partial charge is 0.397 e. The molecule has 6 nitrogen and oxygen atoms in total. The lowest BCUT2D eigenvalue weighted by atomic mass is 9.79. The van der Waals surface area contributed by atoms with Gasteiger partial charge in [-0.2, -0.15) is 5.10 Å². The molecule has 0 saturated carbocycles. The average Bonchev–Trinajstić information content (AvgIpc) is 3.05. The summed E-state index contributed by atoms with van der Waals surface area (Å²) in [5, 5.41) is 9.25. The number of anilines is 1. The molecule has 2 aliphatic rings. The van der Waals surface area contributed by atoms with Gasteiger partial charge in [0.15, 0.2) is 0 Å². The van der Waals surface area contributed by atoms with Gasteiger partial charge < -0.3 is 15.5 Å². The number of rotatable bonds is 1. The predicted molar refractivity (Wildman–Crippen MR) is 91.8 cm³/mol. The van der Waals surface area contributed by atoms with E-state index in [1.807, 2.05) is 18.7 Å². The van der Waals surface area contributed by atoms with Gasteiger partial charge in [-0.05, 0) is 32.9 Å². The molecule has 0 aliphatic carbocycles. The van der Waals surface area contributed by atoms with E-state index in [2.05, 4.69) is 22.1 Å². The van der Waals surface area contributed by atoms with Crippen molar-refractivity contribution in [3.05, 3.63) is 16.1 Å². The Morgan fingerprint density at radius 2 is 2.00 bits per heavy atom. The number of aromatic nitrogens is 2. The smallest absolute Gasteiger partial charge is 0.266 e. The lowest BCUT2D eigenvalue weighted by Crippen LogP contribution is -2.55. The summed E-state index contributed by atoms with van der Waals surface area (Å²) in [7, 11) is 2.13. The zero-order chi connectivity index (χ0) is 16.4. The Hall–Kier alpha value is -1.73. The van der Waals surface area contributed by atoms with Gasteiger partial charge >= 0.3 is 0 Å². The van der Waals surface area contributed by atoms with Gasteiger partial charge in [0.1, 0.15) is 9.71 Å². The minimum absolute atomic E-state index is 0.0500. The summed E-state index contributed by atoms with van der Waals surface area (Å²) >= 11 is 1.37. The summed E-state index contributed by atoms with van der Waals surface area (Å²) in [6.45, 7) is 7.74. The molecule has 1 spiro atoms. The van der Waals surface area contributed by atoms with E-state index >= 15 is 0 Å². The van der Waals surface area contributed by atoms with E-state index in [1.54, 1.807) is 0 Å². The highest BCUT2D eigenvalue weighted by Crippen LogP contribution is 2.41. The van der Waals surface area contributed by atoms with Crippen molar-refractivity contribution < 1.29 is 4.79 Å². The molecule has 0 atom stereocenters. The Balaban J connectivity index is 1.66. The fraction of sp³-hybridized carbons (Fsp3) is 0.562. The molecule has 4 rings (SSSR count). The van der Waals surface area contributed by atoms with Gasteiger partial charge in [-0.15, -0.1) is 16.4 Å². The number of fused-ring (bicyclic) bond motifs is 1. The molecular weight excluding hydrogens is 310 g/mol. The molecule has 122 valence electrons. The van der Waals surface area contributed by atoms with Crippen LogP contribution in [-0.2, 0) is 0 Å². The zero-order valence-corrected chi connectivity index (χ0v) is 14.5. The number of amides is 1. The normalized spacial score (nSPS) is 20.4. The van der Waals surface area contributed by atoms with Crippen LogP contribution in [0.2, 0.25) is 0 Å². The van der Waals surface area contributed by atoms with Crippen molar-refractivity contribution in [3.63, 3.8) is 0 Å². The predicted octanol–water partition coefficient (Wildman–Crippen LogP) is 1.67. The molecule has 2 fully saturated rings. The molecule has 1 amide bonds. The van der Waals surface area contributed by atoms with Gasteiger partial charge in [-0.25, -0.2) is 0 Å². The minimum atomic E-state index is 0.0500. The third-order valence-corrected chi connectivity index (χ3v) is 6.34. The highest BCUT2D eigenvalue weighted by molar-refractivity contribution is 7.21. The van der Waals surface area contributed by atoms with Crippen molar-refractivity contribution in [1.29, 1.82) is 0 Å². The van der Waals surface area contributed by atoms with Crippen LogP contribution in [0.15, 0.2) is 0 Å².